The van der Waals surface area contributed by atoms with Crippen molar-refractivity contribution in [2.24, 2.45) is 5.73 Å². The predicted molar refractivity (Wildman–Crippen MR) is 63.7 cm³/mol. The van der Waals surface area contributed by atoms with Crippen LogP contribution in [-0.4, -0.2) is 43.0 Å². The molecule has 0 rings (SSSR count). The van der Waals surface area contributed by atoms with Gasteiger partial charge in [-0.1, -0.05) is 20.3 Å². The molecule has 15 heavy (non-hydrogen) atoms. The number of nitrogens with two attached hydrogens (primary N) is 1. The van der Waals surface area contributed by atoms with Gasteiger partial charge in [-0.2, -0.15) is 0 Å². The lowest BCUT2D eigenvalue weighted by molar-refractivity contribution is -0.125. The van der Waals surface area contributed by atoms with Crippen molar-refractivity contribution in [3.63, 3.8) is 0 Å². The van der Waals surface area contributed by atoms with Crippen molar-refractivity contribution < 1.29 is 4.79 Å². The fourth-order valence-electron chi connectivity index (χ4n) is 1.49. The second kappa shape index (κ2) is 8.68. The van der Waals surface area contributed by atoms with Crippen LogP contribution < -0.4 is 11.1 Å². The molecule has 1 atom stereocenters. The molecule has 0 spiro atoms. The summed E-state index contributed by atoms with van der Waals surface area (Å²) in [6.45, 7) is 9.10. The fourth-order valence-corrected chi connectivity index (χ4v) is 1.49. The van der Waals surface area contributed by atoms with Gasteiger partial charge in [-0.15, -0.1) is 0 Å². The zero-order valence-corrected chi connectivity index (χ0v) is 10.3. The molecule has 0 saturated heterocycles. The van der Waals surface area contributed by atoms with Gasteiger partial charge >= 0.3 is 0 Å². The Kier molecular flexibility index (Phi) is 8.33. The maximum Gasteiger partial charge on any atom is 0.237 e. The van der Waals surface area contributed by atoms with Crippen LogP contribution in [0.1, 0.15) is 33.6 Å². The smallest absolute Gasteiger partial charge is 0.237 e. The van der Waals surface area contributed by atoms with Gasteiger partial charge in [0.05, 0.1) is 6.04 Å². The fraction of sp³-hybridized carbons (Fsp3) is 0.909. The Bertz CT molecular complexity index is 173. The van der Waals surface area contributed by atoms with Crippen LogP contribution in [0.5, 0.6) is 0 Å². The van der Waals surface area contributed by atoms with E-state index in [1.165, 1.54) is 0 Å². The van der Waals surface area contributed by atoms with Gasteiger partial charge in [-0.25, -0.2) is 0 Å². The number of likely N-dealkylation sites (N-methyl/N-ethyl adjacent to an activating group) is 1. The molecule has 0 aliphatic carbocycles. The monoisotopic (exact) mass is 215 g/mol. The Morgan fingerprint density at radius 2 is 2.13 bits per heavy atom. The first-order chi connectivity index (χ1) is 7.17. The lowest BCUT2D eigenvalue weighted by Gasteiger charge is -2.26. The van der Waals surface area contributed by atoms with E-state index >= 15 is 0 Å². The minimum absolute atomic E-state index is 0.0737. The van der Waals surface area contributed by atoms with Crippen molar-refractivity contribution in [3.8, 4) is 0 Å². The van der Waals surface area contributed by atoms with E-state index in [4.69, 9.17) is 5.73 Å². The second-order valence-electron chi connectivity index (χ2n) is 3.74. The first kappa shape index (κ1) is 14.4. The number of carbonyl (C=O) groups is 1. The molecule has 3 N–H and O–H groups in total. The first-order valence-corrected chi connectivity index (χ1v) is 5.89. The van der Waals surface area contributed by atoms with E-state index in [2.05, 4.69) is 17.1 Å². The van der Waals surface area contributed by atoms with Crippen molar-refractivity contribution in [2.45, 2.75) is 39.7 Å². The third-order valence-corrected chi connectivity index (χ3v) is 2.58. The average molecular weight is 215 g/mol. The summed E-state index contributed by atoms with van der Waals surface area (Å²) in [4.78, 5) is 13.8. The van der Waals surface area contributed by atoms with Gasteiger partial charge in [0.25, 0.3) is 0 Å². The first-order valence-electron chi connectivity index (χ1n) is 5.89. The van der Waals surface area contributed by atoms with Crippen LogP contribution in [0.3, 0.4) is 0 Å². The van der Waals surface area contributed by atoms with Gasteiger partial charge in [-0.05, 0) is 19.9 Å². The van der Waals surface area contributed by atoms with Gasteiger partial charge in [0.1, 0.15) is 0 Å². The second-order valence-corrected chi connectivity index (χ2v) is 3.74. The molecule has 0 heterocycles. The number of nitrogens with zero attached hydrogens (tertiary/aromatic N) is 1. The summed E-state index contributed by atoms with van der Waals surface area (Å²) in [6.07, 6.45) is 2.15. The number of carbonyl (C=O) groups excluding carboxylic acids is 1. The van der Waals surface area contributed by atoms with Gasteiger partial charge in [-0.3, -0.25) is 9.69 Å². The Morgan fingerprint density at radius 1 is 1.47 bits per heavy atom. The van der Waals surface area contributed by atoms with Crippen molar-refractivity contribution in [1.82, 2.24) is 10.2 Å². The third-order valence-electron chi connectivity index (χ3n) is 2.58. The lowest BCUT2D eigenvalue weighted by atomic mass is 10.2. The summed E-state index contributed by atoms with van der Waals surface area (Å²) in [5.74, 6) is 0.110. The standard InChI is InChI=1S/C11H25N3O/c1-4-6-8-13-11(15)10(3)14(5-2)9-7-12/h10H,4-9,12H2,1-3H3,(H,13,15). The molecule has 0 aromatic heterocycles. The van der Waals surface area contributed by atoms with E-state index < -0.39 is 0 Å². The highest BCUT2D eigenvalue weighted by Crippen LogP contribution is 1.98. The Hall–Kier alpha value is -0.610. The van der Waals surface area contributed by atoms with Crippen LogP contribution >= 0.6 is 0 Å². The van der Waals surface area contributed by atoms with E-state index in [1.54, 1.807) is 0 Å². The van der Waals surface area contributed by atoms with Crippen molar-refractivity contribution in [1.29, 1.82) is 0 Å². The van der Waals surface area contributed by atoms with Crippen LogP contribution in [0, 0.1) is 0 Å². The predicted octanol–water partition coefficient (Wildman–Crippen LogP) is 0.572. The quantitative estimate of drug-likeness (QED) is 0.582. The summed E-state index contributed by atoms with van der Waals surface area (Å²) in [5.41, 5.74) is 5.49. The van der Waals surface area contributed by atoms with E-state index in [1.807, 2.05) is 13.8 Å². The molecule has 0 aromatic rings. The molecule has 4 heteroatoms. The van der Waals surface area contributed by atoms with E-state index in [-0.39, 0.29) is 11.9 Å². The molecule has 4 nitrogen and oxygen atoms in total. The molecular formula is C11H25N3O. The van der Waals surface area contributed by atoms with Crippen molar-refractivity contribution in [3.05, 3.63) is 0 Å². The molecule has 1 unspecified atom stereocenters. The molecule has 0 bridgehead atoms. The molecule has 0 saturated carbocycles. The van der Waals surface area contributed by atoms with Gasteiger partial charge in [0.2, 0.25) is 5.91 Å². The summed E-state index contributed by atoms with van der Waals surface area (Å²) < 4.78 is 0. The van der Waals surface area contributed by atoms with Crippen LogP contribution in [0.25, 0.3) is 0 Å². The van der Waals surface area contributed by atoms with Gasteiger partial charge in [0.15, 0.2) is 0 Å². The normalized spacial score (nSPS) is 12.9. The molecular weight excluding hydrogens is 190 g/mol. The van der Waals surface area contributed by atoms with Gasteiger partial charge in [0, 0.05) is 19.6 Å². The van der Waals surface area contributed by atoms with Gasteiger partial charge < -0.3 is 11.1 Å². The van der Waals surface area contributed by atoms with E-state index in [9.17, 15) is 4.79 Å². The van der Waals surface area contributed by atoms with Crippen LogP contribution in [0.2, 0.25) is 0 Å². The number of rotatable bonds is 8. The molecule has 0 fully saturated rings. The molecule has 1 amide bonds. The largest absolute Gasteiger partial charge is 0.355 e. The number of amides is 1. The number of nitrogens with one attached hydrogen (secondary N) is 1. The minimum atomic E-state index is -0.0737. The highest BCUT2D eigenvalue weighted by Gasteiger charge is 2.18. The SMILES string of the molecule is CCCCNC(=O)C(C)N(CC)CCN. The highest BCUT2D eigenvalue weighted by molar-refractivity contribution is 5.81. The van der Waals surface area contributed by atoms with E-state index in [0.29, 0.717) is 6.54 Å². The average Bonchev–Trinajstić information content (AvgIpc) is 2.25. The molecule has 0 aliphatic heterocycles. The van der Waals surface area contributed by atoms with Crippen LogP contribution in [0.4, 0.5) is 0 Å². The molecule has 90 valence electrons. The summed E-state index contributed by atoms with van der Waals surface area (Å²) in [7, 11) is 0. The number of unbranched alkanes of at least 4 members (excludes halogenated alkanes) is 1. The minimum Gasteiger partial charge on any atom is -0.355 e. The molecule has 0 aliphatic rings. The zero-order chi connectivity index (χ0) is 11.7. The number of hydrogen-bond donors (Lipinski definition) is 2. The summed E-state index contributed by atoms with van der Waals surface area (Å²) in [5, 5.41) is 2.94. The Balaban J connectivity index is 3.92. The van der Waals surface area contributed by atoms with Crippen molar-refractivity contribution >= 4 is 5.91 Å². The maximum absolute atomic E-state index is 11.7. The topological polar surface area (TPSA) is 58.4 Å². The summed E-state index contributed by atoms with van der Waals surface area (Å²) >= 11 is 0. The van der Waals surface area contributed by atoms with E-state index in [0.717, 1.165) is 32.5 Å². The van der Waals surface area contributed by atoms with Crippen LogP contribution in [-0.2, 0) is 4.79 Å². The Morgan fingerprint density at radius 3 is 2.60 bits per heavy atom. The zero-order valence-electron chi connectivity index (χ0n) is 10.3. The number of hydrogen-bond acceptors (Lipinski definition) is 3. The molecule has 0 aromatic carbocycles. The summed E-state index contributed by atoms with van der Waals surface area (Å²) in [6, 6.07) is -0.0737. The third kappa shape index (κ3) is 5.74. The highest BCUT2D eigenvalue weighted by atomic mass is 16.2. The van der Waals surface area contributed by atoms with Crippen LogP contribution in [0.15, 0.2) is 0 Å². The van der Waals surface area contributed by atoms with Crippen molar-refractivity contribution in [2.75, 3.05) is 26.2 Å². The lowest BCUT2D eigenvalue weighted by Crippen LogP contribution is -2.46. The Labute approximate surface area is 93.2 Å². The maximum atomic E-state index is 11.7. The molecule has 0 radical (unpaired) electrons.